The first-order chi connectivity index (χ1) is 13.5. The van der Waals surface area contributed by atoms with Crippen molar-refractivity contribution in [1.29, 1.82) is 0 Å². The van der Waals surface area contributed by atoms with Crippen LogP contribution in [-0.2, 0) is 29.0 Å². The minimum Gasteiger partial charge on any atom is -0.338 e. The van der Waals surface area contributed by atoms with Crippen molar-refractivity contribution in [3.05, 3.63) is 59.2 Å². The van der Waals surface area contributed by atoms with E-state index in [1.165, 1.54) is 12.1 Å². The molecule has 0 atom stereocenters. The van der Waals surface area contributed by atoms with E-state index in [0.717, 1.165) is 12.1 Å². The predicted octanol–water partition coefficient (Wildman–Crippen LogP) is 3.67. The first kappa shape index (κ1) is 22.7. The van der Waals surface area contributed by atoms with Gasteiger partial charge in [-0.3, -0.25) is 0 Å². The summed E-state index contributed by atoms with van der Waals surface area (Å²) in [5.74, 6) is 0. The molecule has 2 aromatic carbocycles. The molecule has 0 saturated carbocycles. The molecule has 0 aliphatic heterocycles. The van der Waals surface area contributed by atoms with Crippen LogP contribution in [-0.4, -0.2) is 21.0 Å². The van der Waals surface area contributed by atoms with E-state index in [1.807, 2.05) is 0 Å². The molecule has 4 N–H and O–H groups in total. The molecule has 0 aliphatic rings. The number of hydrogen-bond donors (Lipinski definition) is 3. The average molecular weight is 429 g/mol. The smallest absolute Gasteiger partial charge is 0.338 e. The molecule has 0 aliphatic carbocycles. The number of benzene rings is 2. The van der Waals surface area contributed by atoms with Crippen molar-refractivity contribution >= 4 is 21.7 Å². The Morgan fingerprint density at radius 1 is 1.14 bits per heavy atom. The summed E-state index contributed by atoms with van der Waals surface area (Å²) in [4.78, 5) is 11.9. The van der Waals surface area contributed by atoms with Crippen LogP contribution in [0, 0.1) is 0 Å². The second kappa shape index (κ2) is 9.27. The molecule has 6 nitrogen and oxygen atoms in total. The predicted molar refractivity (Wildman–Crippen MR) is 104 cm³/mol. The van der Waals surface area contributed by atoms with Gasteiger partial charge in [0.05, 0.1) is 10.5 Å². The lowest BCUT2D eigenvalue weighted by molar-refractivity contribution is -0.137. The van der Waals surface area contributed by atoms with Gasteiger partial charge in [-0.05, 0) is 48.6 Å². The van der Waals surface area contributed by atoms with E-state index in [1.54, 1.807) is 25.1 Å². The molecule has 158 valence electrons. The molecular formula is C19H22F3N3O3S. The highest BCUT2D eigenvalue weighted by Crippen LogP contribution is 2.29. The van der Waals surface area contributed by atoms with Crippen molar-refractivity contribution in [2.75, 3.05) is 11.9 Å². The van der Waals surface area contributed by atoms with Crippen LogP contribution in [0.25, 0.3) is 0 Å². The molecule has 10 heteroatoms. The van der Waals surface area contributed by atoms with Gasteiger partial charge in [0.1, 0.15) is 0 Å². The van der Waals surface area contributed by atoms with Crippen LogP contribution < -0.4 is 15.8 Å². The Labute approximate surface area is 167 Å². The number of anilines is 1. The third-order valence-corrected chi connectivity index (χ3v) is 5.19. The number of aryl methyl sites for hydroxylation is 2. The van der Waals surface area contributed by atoms with E-state index < -0.39 is 27.8 Å². The molecule has 0 fully saturated rings. The van der Waals surface area contributed by atoms with Crippen molar-refractivity contribution in [3.8, 4) is 0 Å². The third-order valence-electron chi connectivity index (χ3n) is 4.19. The van der Waals surface area contributed by atoms with Crippen molar-refractivity contribution in [2.45, 2.75) is 37.3 Å². The van der Waals surface area contributed by atoms with E-state index in [9.17, 15) is 26.4 Å². The van der Waals surface area contributed by atoms with E-state index >= 15 is 0 Å². The normalized spacial score (nSPS) is 11.9. The number of halogens is 3. The number of sulfonamides is 1. The zero-order chi connectivity index (χ0) is 21.7. The number of nitrogens with two attached hydrogens (primary N) is 1. The van der Waals surface area contributed by atoms with Crippen molar-refractivity contribution in [2.24, 2.45) is 5.14 Å². The van der Waals surface area contributed by atoms with Crippen LogP contribution in [0.2, 0.25) is 0 Å². The van der Waals surface area contributed by atoms with Crippen LogP contribution in [0.15, 0.2) is 47.4 Å². The zero-order valence-corrected chi connectivity index (χ0v) is 16.5. The van der Waals surface area contributed by atoms with E-state index in [0.29, 0.717) is 30.4 Å². The van der Waals surface area contributed by atoms with Gasteiger partial charge in [-0.1, -0.05) is 31.2 Å². The van der Waals surface area contributed by atoms with Gasteiger partial charge in [0, 0.05) is 12.2 Å². The number of amides is 2. The first-order valence-electron chi connectivity index (χ1n) is 8.87. The highest BCUT2D eigenvalue weighted by atomic mass is 32.2. The Hall–Kier alpha value is -2.59. The maximum Gasteiger partial charge on any atom is 0.416 e. The van der Waals surface area contributed by atoms with Gasteiger partial charge in [-0.15, -0.1) is 0 Å². The fraction of sp³-hybridized carbons (Fsp3) is 0.316. The molecule has 0 heterocycles. The van der Waals surface area contributed by atoms with Gasteiger partial charge < -0.3 is 10.6 Å². The van der Waals surface area contributed by atoms with Gasteiger partial charge in [0.25, 0.3) is 0 Å². The van der Waals surface area contributed by atoms with Gasteiger partial charge >= 0.3 is 12.2 Å². The Morgan fingerprint density at radius 3 is 2.48 bits per heavy atom. The number of urea groups is 1. The number of hydrogen-bond acceptors (Lipinski definition) is 3. The largest absolute Gasteiger partial charge is 0.416 e. The summed E-state index contributed by atoms with van der Waals surface area (Å²) in [6.07, 6.45) is -3.12. The number of alkyl halides is 3. The molecule has 0 aromatic heterocycles. The molecule has 0 radical (unpaired) electrons. The number of carbonyl (C=O) groups is 1. The molecule has 0 unspecified atom stereocenters. The molecule has 2 rings (SSSR count). The number of rotatable bonds is 7. The lowest BCUT2D eigenvalue weighted by Crippen LogP contribution is -2.30. The second-order valence-electron chi connectivity index (χ2n) is 6.40. The van der Waals surface area contributed by atoms with Crippen molar-refractivity contribution in [1.82, 2.24) is 5.32 Å². The maximum atomic E-state index is 12.7. The fourth-order valence-electron chi connectivity index (χ4n) is 2.76. The fourth-order valence-corrected chi connectivity index (χ4v) is 3.63. The summed E-state index contributed by atoms with van der Waals surface area (Å²) in [5.41, 5.74) is 0.623. The standard InChI is InChI=1S/C19H22F3N3O3S/c1-2-14-8-9-16(12-17(14)29(23,27)28)25-18(26)24-10-4-6-13-5-3-7-15(11-13)19(20,21)22/h3,5,7-9,11-12H,2,4,6,10H2,1H3,(H2,23,27,28)(H2,24,25,26). The lowest BCUT2D eigenvalue weighted by atomic mass is 10.1. The van der Waals surface area contributed by atoms with Crippen molar-refractivity contribution in [3.63, 3.8) is 0 Å². The summed E-state index contributed by atoms with van der Waals surface area (Å²) in [6, 6.07) is 8.91. The highest BCUT2D eigenvalue weighted by Gasteiger charge is 2.30. The highest BCUT2D eigenvalue weighted by molar-refractivity contribution is 7.89. The summed E-state index contributed by atoms with van der Waals surface area (Å²) in [6.45, 7) is 2.02. The minimum atomic E-state index is -4.39. The first-order valence-corrected chi connectivity index (χ1v) is 10.4. The average Bonchev–Trinajstić information content (AvgIpc) is 2.64. The van der Waals surface area contributed by atoms with Crippen LogP contribution in [0.1, 0.15) is 30.0 Å². The van der Waals surface area contributed by atoms with E-state index in [2.05, 4.69) is 10.6 Å². The molecule has 2 amide bonds. The molecule has 0 bridgehead atoms. The Morgan fingerprint density at radius 2 is 1.86 bits per heavy atom. The molecule has 0 spiro atoms. The monoisotopic (exact) mass is 429 g/mol. The number of nitrogens with one attached hydrogen (secondary N) is 2. The molecule has 0 saturated heterocycles. The summed E-state index contributed by atoms with van der Waals surface area (Å²) < 4.78 is 61.4. The van der Waals surface area contributed by atoms with E-state index in [4.69, 9.17) is 5.14 Å². The van der Waals surface area contributed by atoms with Gasteiger partial charge in [0.2, 0.25) is 10.0 Å². The topological polar surface area (TPSA) is 101 Å². The second-order valence-corrected chi connectivity index (χ2v) is 7.93. The van der Waals surface area contributed by atoms with Crippen molar-refractivity contribution < 1.29 is 26.4 Å². The molecule has 29 heavy (non-hydrogen) atoms. The quantitative estimate of drug-likeness (QED) is 0.586. The number of carbonyl (C=O) groups excluding carboxylic acids is 1. The summed E-state index contributed by atoms with van der Waals surface area (Å²) in [5, 5.41) is 10.3. The van der Waals surface area contributed by atoms with Gasteiger partial charge in [-0.2, -0.15) is 13.2 Å². The van der Waals surface area contributed by atoms with Crippen LogP contribution >= 0.6 is 0 Å². The maximum absolute atomic E-state index is 12.7. The van der Waals surface area contributed by atoms with E-state index in [-0.39, 0.29) is 17.1 Å². The lowest BCUT2D eigenvalue weighted by Gasteiger charge is -2.11. The summed E-state index contributed by atoms with van der Waals surface area (Å²) in [7, 11) is -3.92. The Balaban J connectivity index is 1.88. The minimum absolute atomic E-state index is 0.0534. The third kappa shape index (κ3) is 6.75. The van der Waals surface area contributed by atoms with Gasteiger partial charge in [-0.25, -0.2) is 18.4 Å². The number of primary sulfonamides is 1. The SMILES string of the molecule is CCc1ccc(NC(=O)NCCCc2cccc(C(F)(F)F)c2)cc1S(N)(=O)=O. The Bertz CT molecular complexity index is 976. The molecular weight excluding hydrogens is 407 g/mol. The Kier molecular flexibility index (Phi) is 7.26. The van der Waals surface area contributed by atoms with Crippen LogP contribution in [0.4, 0.5) is 23.7 Å². The zero-order valence-electron chi connectivity index (χ0n) is 15.7. The van der Waals surface area contributed by atoms with Crippen LogP contribution in [0.3, 0.4) is 0 Å². The van der Waals surface area contributed by atoms with Crippen LogP contribution in [0.5, 0.6) is 0 Å². The van der Waals surface area contributed by atoms with Gasteiger partial charge in [0.15, 0.2) is 0 Å². The molecule has 2 aromatic rings. The summed E-state index contributed by atoms with van der Waals surface area (Å²) >= 11 is 0.